The van der Waals surface area contributed by atoms with Gasteiger partial charge in [-0.05, 0) is 18.2 Å². The van der Waals surface area contributed by atoms with Crippen LogP contribution in [0.1, 0.15) is 0 Å². The van der Waals surface area contributed by atoms with Crippen molar-refractivity contribution in [2.45, 2.75) is 0 Å². The first kappa shape index (κ1) is 7.88. The summed E-state index contributed by atoms with van der Waals surface area (Å²) < 4.78 is 0.815. The topological polar surface area (TPSA) is 42.7 Å². The van der Waals surface area contributed by atoms with E-state index in [1.54, 1.807) is 12.3 Å². The van der Waals surface area contributed by atoms with Crippen molar-refractivity contribution < 1.29 is 4.73 Å². The summed E-state index contributed by atoms with van der Waals surface area (Å²) in [6.45, 7) is 0. The largest absolute Gasteiger partial charge is 0.711 e. The van der Waals surface area contributed by atoms with Gasteiger partial charge in [-0.2, -0.15) is 0 Å². The molecule has 0 amide bonds. The Labute approximate surface area is 69.7 Å². The molecule has 2 aromatic heterocycles. The average molecular weight is 171 g/mol. The summed E-state index contributed by atoms with van der Waals surface area (Å²) in [5.74, 6) is 0. The highest BCUT2D eigenvalue weighted by molar-refractivity contribution is 5.85. The third-order valence-corrected chi connectivity index (χ3v) is 1.47. The van der Waals surface area contributed by atoms with Crippen LogP contribution in [0.15, 0.2) is 30.6 Å². The molecule has 0 fully saturated rings. The number of pyridine rings is 1. The highest BCUT2D eigenvalue weighted by Gasteiger charge is 1.98. The van der Waals surface area contributed by atoms with Crippen molar-refractivity contribution in [1.82, 2.24) is 4.98 Å². The molecule has 2 rings (SSSR count). The summed E-state index contributed by atoms with van der Waals surface area (Å²) in [6, 6.07) is 5.48. The van der Waals surface area contributed by atoms with Gasteiger partial charge in [-0.1, -0.05) is 0 Å². The number of aromatic nitrogens is 2. The Morgan fingerprint density at radius 1 is 1.36 bits per heavy atom. The van der Waals surface area contributed by atoms with Crippen molar-refractivity contribution in [1.29, 1.82) is 0 Å². The fourth-order valence-electron chi connectivity index (χ4n) is 0.997. The van der Waals surface area contributed by atoms with Crippen LogP contribution in [0.4, 0.5) is 0 Å². The van der Waals surface area contributed by atoms with Gasteiger partial charge in [0.05, 0.1) is 17.8 Å². The number of nitrogens with one attached hydrogen (secondary N) is 1. The van der Waals surface area contributed by atoms with Crippen LogP contribution in [0, 0.1) is 5.21 Å². The zero-order valence-electron chi connectivity index (χ0n) is 5.65. The van der Waals surface area contributed by atoms with Gasteiger partial charge in [0.15, 0.2) is 0 Å². The SMILES string of the molecule is Cl.[O-][n+]1cccc2cc[nH]c21. The smallest absolute Gasteiger partial charge is 0.289 e. The summed E-state index contributed by atoms with van der Waals surface area (Å²) in [5.41, 5.74) is 0.613. The summed E-state index contributed by atoms with van der Waals surface area (Å²) in [7, 11) is 0. The first-order valence-corrected chi connectivity index (χ1v) is 3.03. The van der Waals surface area contributed by atoms with E-state index in [-0.39, 0.29) is 12.4 Å². The summed E-state index contributed by atoms with van der Waals surface area (Å²) in [6.07, 6.45) is 3.22. The van der Waals surface area contributed by atoms with Crippen LogP contribution in [0.2, 0.25) is 0 Å². The fraction of sp³-hybridized carbons (Fsp3) is 0. The molecule has 1 N–H and O–H groups in total. The van der Waals surface area contributed by atoms with Gasteiger partial charge in [0, 0.05) is 0 Å². The lowest BCUT2D eigenvalue weighted by atomic mass is 10.3. The normalized spacial score (nSPS) is 9.45. The monoisotopic (exact) mass is 170 g/mol. The van der Waals surface area contributed by atoms with Crippen molar-refractivity contribution in [2.24, 2.45) is 0 Å². The number of halogens is 1. The Bertz CT molecular complexity index is 358. The second-order valence-corrected chi connectivity index (χ2v) is 2.12. The molecule has 0 aromatic carbocycles. The van der Waals surface area contributed by atoms with Gasteiger partial charge in [0.2, 0.25) is 0 Å². The predicted octanol–water partition coefficient (Wildman–Crippen LogP) is 1.22. The molecule has 11 heavy (non-hydrogen) atoms. The fourth-order valence-corrected chi connectivity index (χ4v) is 0.997. The highest BCUT2D eigenvalue weighted by Crippen LogP contribution is 2.04. The van der Waals surface area contributed by atoms with E-state index in [0.29, 0.717) is 5.65 Å². The minimum absolute atomic E-state index is 0. The molecule has 0 spiro atoms. The van der Waals surface area contributed by atoms with Gasteiger partial charge in [-0.3, -0.25) is 0 Å². The maximum absolute atomic E-state index is 10.9. The molecule has 0 atom stereocenters. The highest BCUT2D eigenvalue weighted by atomic mass is 35.5. The maximum Gasteiger partial charge on any atom is 0.289 e. The molecule has 0 aliphatic rings. The molecule has 0 radical (unpaired) electrons. The zero-order valence-corrected chi connectivity index (χ0v) is 6.47. The van der Waals surface area contributed by atoms with E-state index >= 15 is 0 Å². The first-order chi connectivity index (χ1) is 4.88. The summed E-state index contributed by atoms with van der Waals surface area (Å²) in [4.78, 5) is 2.84. The lowest BCUT2D eigenvalue weighted by Crippen LogP contribution is -2.25. The Balaban J connectivity index is 0.000000605. The van der Waals surface area contributed by atoms with Crippen molar-refractivity contribution in [3.63, 3.8) is 0 Å². The first-order valence-electron chi connectivity index (χ1n) is 3.03. The molecule has 0 saturated carbocycles. The number of hydrogen-bond acceptors (Lipinski definition) is 1. The summed E-state index contributed by atoms with van der Waals surface area (Å²) >= 11 is 0. The van der Waals surface area contributed by atoms with Gasteiger partial charge in [0.1, 0.15) is 0 Å². The molecule has 0 saturated heterocycles. The molecular formula is C7H7ClN2O. The second-order valence-electron chi connectivity index (χ2n) is 2.12. The van der Waals surface area contributed by atoms with Crippen LogP contribution < -0.4 is 4.73 Å². The van der Waals surface area contributed by atoms with Gasteiger partial charge >= 0.3 is 0 Å². The number of H-pyrrole nitrogens is 1. The molecular weight excluding hydrogens is 164 g/mol. The molecule has 0 unspecified atom stereocenters. The molecule has 58 valence electrons. The van der Waals surface area contributed by atoms with E-state index in [4.69, 9.17) is 0 Å². The molecule has 0 aliphatic carbocycles. The van der Waals surface area contributed by atoms with Crippen molar-refractivity contribution >= 4 is 23.4 Å². The van der Waals surface area contributed by atoms with Crippen LogP contribution in [0.5, 0.6) is 0 Å². The summed E-state index contributed by atoms with van der Waals surface area (Å²) in [5, 5.41) is 11.9. The van der Waals surface area contributed by atoms with Crippen LogP contribution >= 0.6 is 12.4 Å². The van der Waals surface area contributed by atoms with Crippen LogP contribution in [-0.4, -0.2) is 4.98 Å². The van der Waals surface area contributed by atoms with E-state index in [0.717, 1.165) is 10.1 Å². The second kappa shape index (κ2) is 2.80. The molecule has 4 heteroatoms. The van der Waals surface area contributed by atoms with Gasteiger partial charge in [-0.25, -0.2) is 9.71 Å². The number of aromatic amines is 1. The van der Waals surface area contributed by atoms with Crippen molar-refractivity contribution in [3.05, 3.63) is 35.8 Å². The third kappa shape index (κ3) is 1.14. The number of nitrogens with zero attached hydrogens (tertiary/aromatic N) is 1. The standard InChI is InChI=1S/C7H6N2O.ClH/c10-9-5-1-2-6-3-4-8-7(6)9;/h1-5,8H;1H. The minimum atomic E-state index is 0. The maximum atomic E-state index is 10.9. The van der Waals surface area contributed by atoms with Crippen LogP contribution in [0.3, 0.4) is 0 Å². The van der Waals surface area contributed by atoms with E-state index in [1.165, 1.54) is 6.20 Å². The quantitative estimate of drug-likeness (QED) is 0.469. The lowest BCUT2D eigenvalue weighted by Gasteiger charge is -1.98. The molecule has 0 aliphatic heterocycles. The Hall–Kier alpha value is -1.22. The van der Waals surface area contributed by atoms with E-state index < -0.39 is 0 Å². The van der Waals surface area contributed by atoms with Crippen molar-refractivity contribution in [2.75, 3.05) is 0 Å². The zero-order chi connectivity index (χ0) is 6.97. The Morgan fingerprint density at radius 2 is 2.18 bits per heavy atom. The minimum Gasteiger partial charge on any atom is -0.711 e. The van der Waals surface area contributed by atoms with E-state index in [2.05, 4.69) is 4.98 Å². The number of fused-ring (bicyclic) bond motifs is 1. The third-order valence-electron chi connectivity index (χ3n) is 1.47. The van der Waals surface area contributed by atoms with Crippen LogP contribution in [0.25, 0.3) is 11.0 Å². The van der Waals surface area contributed by atoms with E-state index in [9.17, 15) is 5.21 Å². The Morgan fingerprint density at radius 3 is 2.91 bits per heavy atom. The molecule has 3 nitrogen and oxygen atoms in total. The Kier molecular flexibility index (Phi) is 2.01. The molecule has 2 heterocycles. The van der Waals surface area contributed by atoms with Gasteiger partial charge in [-0.15, -0.1) is 12.4 Å². The van der Waals surface area contributed by atoms with Gasteiger partial charge in [0.25, 0.3) is 5.65 Å². The van der Waals surface area contributed by atoms with E-state index in [1.807, 2.05) is 12.1 Å². The van der Waals surface area contributed by atoms with Crippen LogP contribution in [-0.2, 0) is 0 Å². The predicted molar refractivity (Wildman–Crippen MR) is 44.5 cm³/mol. The van der Waals surface area contributed by atoms with Gasteiger partial charge < -0.3 is 5.21 Å². The molecule has 0 bridgehead atoms. The molecule has 2 aromatic rings. The lowest BCUT2D eigenvalue weighted by molar-refractivity contribution is -0.579. The number of rotatable bonds is 0. The van der Waals surface area contributed by atoms with Crippen molar-refractivity contribution in [3.8, 4) is 0 Å². The average Bonchev–Trinajstić information content (AvgIpc) is 2.36. The number of hydrogen-bond donors (Lipinski definition) is 1.